The van der Waals surface area contributed by atoms with Crippen molar-refractivity contribution in [3.63, 3.8) is 0 Å². The lowest BCUT2D eigenvalue weighted by atomic mass is 10.0. The average Bonchev–Trinajstić information content (AvgIpc) is 3.85. The molecule has 1 aromatic heterocycles. The maximum atomic E-state index is 13.7. The molecule has 2 unspecified atom stereocenters. The molecular formula is C38H64N5O6P. The molecule has 0 amide bonds. The van der Waals surface area contributed by atoms with Gasteiger partial charge in [0, 0.05) is 13.2 Å². The van der Waals surface area contributed by atoms with Gasteiger partial charge in [0.05, 0.1) is 38.9 Å². The van der Waals surface area contributed by atoms with Crippen LogP contribution in [0.4, 0.5) is 5.82 Å². The van der Waals surface area contributed by atoms with E-state index in [-0.39, 0.29) is 38.2 Å². The highest BCUT2D eigenvalue weighted by molar-refractivity contribution is 7.53. The van der Waals surface area contributed by atoms with Gasteiger partial charge in [-0.15, -0.1) is 0 Å². The summed E-state index contributed by atoms with van der Waals surface area (Å²) in [6, 6.07) is 9.63. The lowest BCUT2D eigenvalue weighted by molar-refractivity contribution is 0.0424. The Bertz CT molecular complexity index is 1260. The van der Waals surface area contributed by atoms with Crippen LogP contribution in [0.2, 0.25) is 0 Å². The maximum absolute atomic E-state index is 13.7. The number of guanidine groups is 1. The van der Waals surface area contributed by atoms with Gasteiger partial charge in [-0.3, -0.25) is 4.57 Å². The molecule has 2 atom stereocenters. The number of rotatable bonds is 31. The van der Waals surface area contributed by atoms with E-state index in [0.29, 0.717) is 25.5 Å². The number of benzene rings is 1. The molecule has 2 aliphatic rings. The zero-order chi connectivity index (χ0) is 35.1. The number of aliphatic imine (C=N–C) groups is 1. The van der Waals surface area contributed by atoms with Gasteiger partial charge >= 0.3 is 7.60 Å². The van der Waals surface area contributed by atoms with Gasteiger partial charge in [0.2, 0.25) is 0 Å². The van der Waals surface area contributed by atoms with Crippen LogP contribution in [0, 0.1) is 0 Å². The minimum Gasteiger partial charge on any atom is -0.379 e. The van der Waals surface area contributed by atoms with Crippen molar-refractivity contribution < 1.29 is 27.8 Å². The van der Waals surface area contributed by atoms with E-state index >= 15 is 0 Å². The molecule has 2 aromatic rings. The maximum Gasteiger partial charge on any atom is 0.356 e. The summed E-state index contributed by atoms with van der Waals surface area (Å²) in [6.45, 7) is 4.39. The predicted octanol–water partition coefficient (Wildman–Crippen LogP) is 9.48. The number of hydrogen-bond donors (Lipinski definition) is 2. The van der Waals surface area contributed by atoms with Gasteiger partial charge in [-0.05, 0) is 24.8 Å². The number of hydrogen-bond acceptors (Lipinski definition) is 10. The highest BCUT2D eigenvalue weighted by Gasteiger charge is 2.32. The number of nitrogens with two attached hydrogens (primary N) is 1. The second-order valence-electron chi connectivity index (χ2n) is 13.7. The SMILES string of the molecule is CCCCCCCCCCCCCCCCCCOCCOP(=O)(COCCn1cnc2c1NC(N)=NC2OC1CC1)OCc1ccccc1. The molecular weight excluding hydrogens is 653 g/mol. The van der Waals surface area contributed by atoms with Crippen molar-refractivity contribution in [2.75, 3.05) is 38.1 Å². The number of anilines is 1. The van der Waals surface area contributed by atoms with Crippen molar-refractivity contribution in [1.29, 1.82) is 0 Å². The number of imidazole rings is 1. The largest absolute Gasteiger partial charge is 0.379 e. The summed E-state index contributed by atoms with van der Waals surface area (Å²) in [4.78, 5) is 8.85. The Kier molecular flexibility index (Phi) is 19.5. The van der Waals surface area contributed by atoms with E-state index in [1.807, 2.05) is 34.9 Å². The van der Waals surface area contributed by atoms with Crippen LogP contribution in [0.1, 0.15) is 140 Å². The minimum absolute atomic E-state index is 0.166. The average molecular weight is 718 g/mol. The molecule has 4 rings (SSSR count). The number of unbranched alkanes of at least 4 members (excludes halogenated alkanes) is 15. The Labute approximate surface area is 301 Å². The fraction of sp³-hybridized carbons (Fsp3) is 0.737. The molecule has 11 nitrogen and oxygen atoms in total. The van der Waals surface area contributed by atoms with Gasteiger partial charge in [0.25, 0.3) is 0 Å². The van der Waals surface area contributed by atoms with E-state index < -0.39 is 13.8 Å². The summed E-state index contributed by atoms with van der Waals surface area (Å²) in [7, 11) is -3.54. The van der Waals surface area contributed by atoms with Crippen molar-refractivity contribution in [2.24, 2.45) is 10.7 Å². The number of nitrogens with one attached hydrogen (secondary N) is 1. The smallest absolute Gasteiger partial charge is 0.356 e. The lowest BCUT2D eigenvalue weighted by Crippen LogP contribution is -2.30. The molecule has 0 bridgehead atoms. The van der Waals surface area contributed by atoms with Crippen LogP contribution in [0.5, 0.6) is 0 Å². The molecule has 12 heteroatoms. The highest BCUT2D eigenvalue weighted by Crippen LogP contribution is 2.49. The second kappa shape index (κ2) is 24.1. The number of nitrogens with zero attached hydrogens (tertiary/aromatic N) is 3. The fourth-order valence-corrected chi connectivity index (χ4v) is 7.27. The molecule has 3 N–H and O–H groups in total. The molecule has 0 radical (unpaired) electrons. The summed E-state index contributed by atoms with van der Waals surface area (Å²) in [6.07, 6.45) is 24.8. The first-order valence-corrected chi connectivity index (χ1v) is 21.2. The van der Waals surface area contributed by atoms with E-state index in [9.17, 15) is 4.57 Å². The van der Waals surface area contributed by atoms with Crippen LogP contribution in [-0.4, -0.2) is 54.4 Å². The van der Waals surface area contributed by atoms with Crippen LogP contribution in [-0.2, 0) is 41.0 Å². The van der Waals surface area contributed by atoms with Gasteiger partial charge < -0.3 is 38.9 Å². The van der Waals surface area contributed by atoms with Crippen molar-refractivity contribution in [3.05, 3.63) is 47.9 Å². The van der Waals surface area contributed by atoms with Gasteiger partial charge in [0.1, 0.15) is 17.9 Å². The molecule has 2 heterocycles. The van der Waals surface area contributed by atoms with Gasteiger partial charge in [-0.2, -0.15) is 0 Å². The molecule has 1 fully saturated rings. The first-order valence-electron chi connectivity index (χ1n) is 19.4. The standard InChI is InChI=1S/C38H64N5O6P/c1-2-3-4-5-6-7-8-9-10-11-12-13-14-15-16-20-26-45-28-29-47-50(44,48-30-33-21-18-17-19-22-33)32-46-27-25-43-31-40-35-36(43)41-38(39)42-37(35)49-34-23-24-34/h17-19,21-22,31,34,37H,2-16,20,23-30,32H2,1H3,(H3,39,41,42). The third-order valence-electron chi connectivity index (χ3n) is 9.10. The highest BCUT2D eigenvalue weighted by atomic mass is 31.2. The zero-order valence-corrected chi connectivity index (χ0v) is 31.5. The van der Waals surface area contributed by atoms with E-state index in [1.165, 1.54) is 96.3 Å². The summed E-state index contributed by atoms with van der Waals surface area (Å²) in [5, 5.41) is 3.08. The van der Waals surface area contributed by atoms with Gasteiger partial charge in [-0.1, -0.05) is 134 Å². The topological polar surface area (TPSA) is 131 Å². The van der Waals surface area contributed by atoms with Crippen molar-refractivity contribution >= 4 is 19.4 Å². The molecule has 50 heavy (non-hydrogen) atoms. The van der Waals surface area contributed by atoms with E-state index in [4.69, 9.17) is 29.0 Å². The Morgan fingerprint density at radius 2 is 1.44 bits per heavy atom. The third-order valence-corrected chi connectivity index (χ3v) is 10.7. The fourth-order valence-electron chi connectivity index (χ4n) is 5.99. The van der Waals surface area contributed by atoms with Crippen LogP contribution >= 0.6 is 7.60 Å². The van der Waals surface area contributed by atoms with Gasteiger partial charge in [-0.25, -0.2) is 9.98 Å². The van der Waals surface area contributed by atoms with E-state index in [1.54, 1.807) is 6.33 Å². The quantitative estimate of drug-likeness (QED) is 0.0578. The first-order chi connectivity index (χ1) is 24.6. The summed E-state index contributed by atoms with van der Waals surface area (Å²) < 4.78 is 44.8. The molecule has 1 aliphatic carbocycles. The molecule has 0 saturated heterocycles. The molecule has 282 valence electrons. The Hall–Kier alpha value is -2.27. The zero-order valence-electron chi connectivity index (χ0n) is 30.6. The number of fused-ring (bicyclic) bond motifs is 1. The van der Waals surface area contributed by atoms with Crippen molar-refractivity contribution in [1.82, 2.24) is 9.55 Å². The normalized spacial score (nSPS) is 16.9. The number of aromatic nitrogens is 2. The van der Waals surface area contributed by atoms with Crippen LogP contribution < -0.4 is 11.1 Å². The van der Waals surface area contributed by atoms with E-state index in [2.05, 4.69) is 22.2 Å². The van der Waals surface area contributed by atoms with Gasteiger partial charge in [0.15, 0.2) is 12.2 Å². The monoisotopic (exact) mass is 717 g/mol. The predicted molar refractivity (Wildman–Crippen MR) is 200 cm³/mol. The molecule has 1 aliphatic heterocycles. The Morgan fingerprint density at radius 1 is 0.800 bits per heavy atom. The van der Waals surface area contributed by atoms with Crippen molar-refractivity contribution in [2.45, 2.75) is 148 Å². The van der Waals surface area contributed by atoms with Crippen LogP contribution in [0.15, 0.2) is 41.7 Å². The summed E-state index contributed by atoms with van der Waals surface area (Å²) in [5.74, 6) is 1.02. The Morgan fingerprint density at radius 3 is 2.08 bits per heavy atom. The third kappa shape index (κ3) is 16.4. The minimum atomic E-state index is -3.54. The lowest BCUT2D eigenvalue weighted by Gasteiger charge is -2.21. The first kappa shape index (κ1) is 40.5. The molecule has 1 saturated carbocycles. The molecule has 1 aromatic carbocycles. The second-order valence-corrected chi connectivity index (χ2v) is 15.7. The van der Waals surface area contributed by atoms with Crippen molar-refractivity contribution in [3.8, 4) is 0 Å². The van der Waals surface area contributed by atoms with E-state index in [0.717, 1.165) is 30.6 Å². The Balaban J connectivity index is 1.04. The number of ether oxygens (including phenoxy) is 3. The molecule has 0 spiro atoms. The van der Waals surface area contributed by atoms with Crippen LogP contribution in [0.3, 0.4) is 0 Å². The summed E-state index contributed by atoms with van der Waals surface area (Å²) >= 11 is 0. The van der Waals surface area contributed by atoms with Crippen LogP contribution in [0.25, 0.3) is 0 Å². The summed E-state index contributed by atoms with van der Waals surface area (Å²) in [5.41, 5.74) is 7.62.